The van der Waals surface area contributed by atoms with E-state index in [1.54, 1.807) is 24.4 Å². The second kappa shape index (κ2) is 6.10. The number of carboxylic acid groups (broad SMARTS) is 1. The molecule has 2 N–H and O–H groups in total. The van der Waals surface area contributed by atoms with Crippen LogP contribution in [0.2, 0.25) is 0 Å². The molecule has 104 valence electrons. The van der Waals surface area contributed by atoms with E-state index in [1.165, 1.54) is 6.20 Å². The van der Waals surface area contributed by atoms with Gasteiger partial charge in [-0.3, -0.25) is 14.8 Å². The molecule has 0 aliphatic rings. The number of hydrogen-bond donors (Lipinski definition) is 2. The Kier molecular flexibility index (Phi) is 4.24. The highest BCUT2D eigenvalue weighted by molar-refractivity contribution is 6.05. The molecule has 1 amide bonds. The summed E-state index contributed by atoms with van der Waals surface area (Å²) in [4.78, 5) is 31.5. The predicted molar refractivity (Wildman–Crippen MR) is 73.3 cm³/mol. The maximum absolute atomic E-state index is 12.2. The second-order valence-electron chi connectivity index (χ2n) is 4.38. The third-order valence-corrected chi connectivity index (χ3v) is 2.92. The summed E-state index contributed by atoms with van der Waals surface area (Å²) in [5.41, 5.74) is 1.40. The highest BCUT2D eigenvalue weighted by Gasteiger charge is 2.21. The lowest BCUT2D eigenvalue weighted by atomic mass is 10.1. The smallest absolute Gasteiger partial charge is 0.326 e. The summed E-state index contributed by atoms with van der Waals surface area (Å²) >= 11 is 0. The van der Waals surface area contributed by atoms with Gasteiger partial charge in [-0.15, -0.1) is 0 Å². The lowest BCUT2D eigenvalue weighted by Crippen LogP contribution is -2.40. The fourth-order valence-corrected chi connectivity index (χ4v) is 1.96. The fraction of sp³-hybridized carbons (Fsp3) is 0.286. The van der Waals surface area contributed by atoms with E-state index < -0.39 is 17.9 Å². The van der Waals surface area contributed by atoms with Gasteiger partial charge in [0.25, 0.3) is 5.91 Å². The van der Waals surface area contributed by atoms with E-state index in [1.807, 2.05) is 6.92 Å². The first-order chi connectivity index (χ1) is 9.63. The van der Waals surface area contributed by atoms with Crippen LogP contribution in [0.1, 0.15) is 30.1 Å². The van der Waals surface area contributed by atoms with E-state index in [0.717, 1.165) is 0 Å². The number of aromatic nitrogens is 2. The van der Waals surface area contributed by atoms with Gasteiger partial charge in [-0.25, -0.2) is 4.79 Å². The summed E-state index contributed by atoms with van der Waals surface area (Å²) in [7, 11) is 0. The maximum Gasteiger partial charge on any atom is 0.326 e. The first-order valence-corrected chi connectivity index (χ1v) is 6.37. The van der Waals surface area contributed by atoms with E-state index in [9.17, 15) is 9.59 Å². The molecule has 1 atom stereocenters. The van der Waals surface area contributed by atoms with Crippen molar-refractivity contribution in [3.8, 4) is 0 Å². The van der Waals surface area contributed by atoms with Gasteiger partial charge in [-0.1, -0.05) is 19.4 Å². The van der Waals surface area contributed by atoms with Gasteiger partial charge in [0.05, 0.1) is 11.1 Å². The Morgan fingerprint density at radius 3 is 2.75 bits per heavy atom. The zero-order chi connectivity index (χ0) is 14.5. The molecule has 1 aromatic heterocycles. The largest absolute Gasteiger partial charge is 0.480 e. The molecule has 0 aliphatic carbocycles. The number of aliphatic carboxylic acids is 1. The van der Waals surface area contributed by atoms with Crippen LogP contribution in [0.3, 0.4) is 0 Å². The maximum atomic E-state index is 12.2. The number of rotatable bonds is 5. The number of carboxylic acids is 1. The normalized spacial score (nSPS) is 12.1. The lowest BCUT2D eigenvalue weighted by Gasteiger charge is -2.14. The average Bonchev–Trinajstić information content (AvgIpc) is 2.46. The van der Waals surface area contributed by atoms with Crippen LogP contribution < -0.4 is 5.32 Å². The highest BCUT2D eigenvalue weighted by Crippen LogP contribution is 2.14. The number of fused-ring (bicyclic) bond motifs is 1. The summed E-state index contributed by atoms with van der Waals surface area (Å²) < 4.78 is 0. The molecule has 0 unspecified atom stereocenters. The predicted octanol–water partition coefficient (Wildman–Crippen LogP) is 1.61. The van der Waals surface area contributed by atoms with Crippen LogP contribution in [-0.4, -0.2) is 33.0 Å². The summed E-state index contributed by atoms with van der Waals surface area (Å²) in [6.45, 7) is 1.87. The fourth-order valence-electron chi connectivity index (χ4n) is 1.96. The van der Waals surface area contributed by atoms with Crippen LogP contribution in [0.15, 0.2) is 30.6 Å². The standard InChI is InChI=1S/C14H15N3O3/c1-2-4-11(14(19)20)17-13(18)9-5-3-6-10-12(9)16-8-7-15-10/h3,5-8,11H,2,4H2,1H3,(H,17,18)(H,19,20)/t11-/m0/s1. The van der Waals surface area contributed by atoms with Gasteiger partial charge in [0.1, 0.15) is 11.6 Å². The first kappa shape index (κ1) is 13.9. The summed E-state index contributed by atoms with van der Waals surface area (Å²) in [5.74, 6) is -1.48. The Hall–Kier alpha value is -2.50. The Morgan fingerprint density at radius 2 is 2.05 bits per heavy atom. The summed E-state index contributed by atoms with van der Waals surface area (Å²) in [6.07, 6.45) is 4.10. The molecular formula is C14H15N3O3. The monoisotopic (exact) mass is 273 g/mol. The van der Waals surface area contributed by atoms with Crippen molar-refractivity contribution in [1.82, 2.24) is 15.3 Å². The van der Waals surface area contributed by atoms with Crippen LogP contribution >= 0.6 is 0 Å². The van der Waals surface area contributed by atoms with Crippen LogP contribution in [0.25, 0.3) is 11.0 Å². The van der Waals surface area contributed by atoms with Crippen molar-refractivity contribution in [2.75, 3.05) is 0 Å². The Morgan fingerprint density at radius 1 is 1.30 bits per heavy atom. The molecule has 1 aromatic carbocycles. The Labute approximate surface area is 115 Å². The summed E-state index contributed by atoms with van der Waals surface area (Å²) in [6, 6.07) is 4.16. The molecule has 0 bridgehead atoms. The topological polar surface area (TPSA) is 92.2 Å². The minimum absolute atomic E-state index is 0.331. The molecular weight excluding hydrogens is 258 g/mol. The van der Waals surface area contributed by atoms with Gasteiger partial charge in [-0.2, -0.15) is 0 Å². The van der Waals surface area contributed by atoms with Crippen LogP contribution in [-0.2, 0) is 4.79 Å². The van der Waals surface area contributed by atoms with Crippen LogP contribution in [0, 0.1) is 0 Å². The van der Waals surface area contributed by atoms with E-state index in [0.29, 0.717) is 29.4 Å². The van der Waals surface area contributed by atoms with Gasteiger partial charge < -0.3 is 10.4 Å². The van der Waals surface area contributed by atoms with Crippen molar-refractivity contribution < 1.29 is 14.7 Å². The van der Waals surface area contributed by atoms with E-state index in [4.69, 9.17) is 5.11 Å². The van der Waals surface area contributed by atoms with Crippen LogP contribution in [0.4, 0.5) is 0 Å². The van der Waals surface area contributed by atoms with E-state index >= 15 is 0 Å². The number of hydrogen-bond acceptors (Lipinski definition) is 4. The molecule has 0 spiro atoms. The SMILES string of the molecule is CCC[C@H](NC(=O)c1cccc2nccnc12)C(=O)O. The van der Waals surface area contributed by atoms with Gasteiger partial charge in [-0.05, 0) is 18.6 Å². The van der Waals surface area contributed by atoms with E-state index in [-0.39, 0.29) is 0 Å². The average molecular weight is 273 g/mol. The number of amides is 1. The molecule has 0 saturated carbocycles. The van der Waals surface area contributed by atoms with Crippen molar-refractivity contribution in [3.05, 3.63) is 36.2 Å². The molecule has 2 rings (SSSR count). The highest BCUT2D eigenvalue weighted by atomic mass is 16.4. The van der Waals surface area contributed by atoms with Gasteiger partial charge >= 0.3 is 5.97 Å². The molecule has 0 aliphatic heterocycles. The first-order valence-electron chi connectivity index (χ1n) is 6.37. The molecule has 1 heterocycles. The van der Waals surface area contributed by atoms with Crippen LogP contribution in [0.5, 0.6) is 0 Å². The second-order valence-corrected chi connectivity index (χ2v) is 4.38. The van der Waals surface area contributed by atoms with Gasteiger partial charge in [0.15, 0.2) is 0 Å². The molecule has 6 heteroatoms. The molecule has 20 heavy (non-hydrogen) atoms. The third-order valence-electron chi connectivity index (χ3n) is 2.92. The van der Waals surface area contributed by atoms with E-state index in [2.05, 4.69) is 15.3 Å². The van der Waals surface area contributed by atoms with Gasteiger partial charge in [0.2, 0.25) is 0 Å². The minimum Gasteiger partial charge on any atom is -0.480 e. The van der Waals surface area contributed by atoms with Crippen molar-refractivity contribution in [2.24, 2.45) is 0 Å². The summed E-state index contributed by atoms with van der Waals surface area (Å²) in [5, 5.41) is 11.6. The molecule has 0 radical (unpaired) electrons. The van der Waals surface area contributed by atoms with Gasteiger partial charge in [0, 0.05) is 12.4 Å². The quantitative estimate of drug-likeness (QED) is 0.863. The number of benzene rings is 1. The number of carbonyl (C=O) groups is 2. The lowest BCUT2D eigenvalue weighted by molar-refractivity contribution is -0.139. The Bertz CT molecular complexity index is 637. The van der Waals surface area contributed by atoms with Crippen molar-refractivity contribution in [1.29, 1.82) is 0 Å². The molecule has 6 nitrogen and oxygen atoms in total. The zero-order valence-corrected chi connectivity index (χ0v) is 11.0. The number of nitrogens with one attached hydrogen (secondary N) is 1. The number of nitrogens with zero attached hydrogens (tertiary/aromatic N) is 2. The minimum atomic E-state index is -1.04. The van der Waals surface area contributed by atoms with Crippen molar-refractivity contribution in [2.45, 2.75) is 25.8 Å². The number of carbonyl (C=O) groups excluding carboxylic acids is 1. The molecule has 0 saturated heterocycles. The van der Waals surface area contributed by atoms with Crippen molar-refractivity contribution >= 4 is 22.9 Å². The molecule has 0 fully saturated rings. The number of para-hydroxylation sites is 1. The third kappa shape index (κ3) is 2.90. The zero-order valence-electron chi connectivity index (χ0n) is 11.0. The van der Waals surface area contributed by atoms with Crippen molar-refractivity contribution in [3.63, 3.8) is 0 Å². The molecule has 2 aromatic rings. The Balaban J connectivity index is 2.29.